The summed E-state index contributed by atoms with van der Waals surface area (Å²) in [7, 11) is 5.33. The van der Waals surface area contributed by atoms with E-state index in [9.17, 15) is 4.79 Å². The fraction of sp³-hybridized carbons (Fsp3) is 0.316. The number of nitrogens with two attached hydrogens (primary N) is 1. The van der Waals surface area contributed by atoms with Crippen molar-refractivity contribution in [2.24, 2.45) is 5.73 Å². The third-order valence-electron chi connectivity index (χ3n) is 3.97. The lowest BCUT2D eigenvalue weighted by molar-refractivity contribution is 0.100. The van der Waals surface area contributed by atoms with Gasteiger partial charge in [-0.2, -0.15) is 0 Å². The summed E-state index contributed by atoms with van der Waals surface area (Å²) in [6.45, 7) is 3.61. The lowest BCUT2D eigenvalue weighted by Crippen LogP contribution is -2.18. The maximum Gasteiger partial charge on any atom is 0.248 e. The SMILES string of the molecule is COc1cc(C)c(CN(C)Cc2ccc(C(N)=O)cc2)cc1OC. The third kappa shape index (κ3) is 4.26. The molecule has 2 aromatic carbocycles. The predicted molar refractivity (Wildman–Crippen MR) is 94.4 cm³/mol. The maximum absolute atomic E-state index is 11.1. The summed E-state index contributed by atoms with van der Waals surface area (Å²) in [5, 5.41) is 0. The van der Waals surface area contributed by atoms with E-state index in [1.807, 2.05) is 24.3 Å². The van der Waals surface area contributed by atoms with Gasteiger partial charge in [0.15, 0.2) is 11.5 Å². The minimum atomic E-state index is -0.407. The molecular formula is C19H24N2O3. The molecule has 2 N–H and O–H groups in total. The number of amides is 1. The number of nitrogens with zero attached hydrogens (tertiary/aromatic N) is 1. The van der Waals surface area contributed by atoms with Gasteiger partial charge < -0.3 is 15.2 Å². The van der Waals surface area contributed by atoms with Crippen LogP contribution in [0.3, 0.4) is 0 Å². The first-order valence-electron chi connectivity index (χ1n) is 7.73. The number of carbonyl (C=O) groups is 1. The van der Waals surface area contributed by atoms with Gasteiger partial charge in [-0.05, 0) is 54.9 Å². The molecule has 2 rings (SSSR count). The van der Waals surface area contributed by atoms with Crippen LogP contribution in [0.25, 0.3) is 0 Å². The molecule has 0 radical (unpaired) electrons. The smallest absolute Gasteiger partial charge is 0.248 e. The summed E-state index contributed by atoms with van der Waals surface area (Å²) in [6, 6.07) is 11.4. The minimum Gasteiger partial charge on any atom is -0.493 e. The quantitative estimate of drug-likeness (QED) is 0.849. The number of rotatable bonds is 7. The second-order valence-electron chi connectivity index (χ2n) is 5.87. The normalized spacial score (nSPS) is 10.7. The van der Waals surface area contributed by atoms with E-state index in [2.05, 4.69) is 18.9 Å². The van der Waals surface area contributed by atoms with E-state index in [1.165, 1.54) is 5.56 Å². The summed E-state index contributed by atoms with van der Waals surface area (Å²) >= 11 is 0. The molecule has 0 aliphatic rings. The Kier molecular flexibility index (Phi) is 5.82. The molecule has 0 unspecified atom stereocenters. The van der Waals surface area contributed by atoms with Crippen molar-refractivity contribution >= 4 is 5.91 Å². The Hall–Kier alpha value is -2.53. The van der Waals surface area contributed by atoms with Gasteiger partial charge in [0.2, 0.25) is 5.91 Å². The zero-order chi connectivity index (χ0) is 17.7. The van der Waals surface area contributed by atoms with E-state index < -0.39 is 5.91 Å². The Morgan fingerprint density at radius 2 is 1.62 bits per heavy atom. The largest absolute Gasteiger partial charge is 0.493 e. The first-order chi connectivity index (χ1) is 11.4. The van der Waals surface area contributed by atoms with E-state index in [0.29, 0.717) is 5.56 Å². The van der Waals surface area contributed by atoms with E-state index in [4.69, 9.17) is 15.2 Å². The molecule has 0 spiro atoms. The third-order valence-corrected chi connectivity index (χ3v) is 3.97. The number of benzene rings is 2. The number of hydrogen-bond acceptors (Lipinski definition) is 4. The highest BCUT2D eigenvalue weighted by Crippen LogP contribution is 2.30. The lowest BCUT2D eigenvalue weighted by Gasteiger charge is -2.20. The zero-order valence-corrected chi connectivity index (χ0v) is 14.6. The van der Waals surface area contributed by atoms with Crippen LogP contribution in [0, 0.1) is 6.92 Å². The van der Waals surface area contributed by atoms with Crippen LogP contribution >= 0.6 is 0 Å². The van der Waals surface area contributed by atoms with Crippen molar-refractivity contribution in [2.45, 2.75) is 20.0 Å². The number of primary amides is 1. The molecule has 0 atom stereocenters. The van der Waals surface area contributed by atoms with Gasteiger partial charge in [-0.3, -0.25) is 9.69 Å². The van der Waals surface area contributed by atoms with Gasteiger partial charge in [-0.1, -0.05) is 12.1 Å². The molecule has 0 fully saturated rings. The first-order valence-corrected chi connectivity index (χ1v) is 7.73. The molecule has 5 nitrogen and oxygen atoms in total. The summed E-state index contributed by atoms with van der Waals surface area (Å²) in [5.41, 5.74) is 9.25. The van der Waals surface area contributed by atoms with Crippen molar-refractivity contribution in [2.75, 3.05) is 21.3 Å². The van der Waals surface area contributed by atoms with Crippen molar-refractivity contribution < 1.29 is 14.3 Å². The molecule has 0 bridgehead atoms. The van der Waals surface area contributed by atoms with Crippen LogP contribution < -0.4 is 15.2 Å². The van der Waals surface area contributed by atoms with Crippen LogP contribution in [0.1, 0.15) is 27.0 Å². The Balaban J connectivity index is 2.09. The van der Waals surface area contributed by atoms with Crippen LogP contribution in [0.5, 0.6) is 11.5 Å². The van der Waals surface area contributed by atoms with Crippen LogP contribution in [0.15, 0.2) is 36.4 Å². The first kappa shape index (κ1) is 17.8. The molecule has 0 aliphatic heterocycles. The Morgan fingerprint density at radius 3 is 2.17 bits per heavy atom. The fourth-order valence-corrected chi connectivity index (χ4v) is 2.63. The number of ether oxygens (including phenoxy) is 2. The Bertz CT molecular complexity index is 711. The summed E-state index contributed by atoms with van der Waals surface area (Å²) in [6.07, 6.45) is 0. The van der Waals surface area contributed by atoms with E-state index in [-0.39, 0.29) is 0 Å². The molecule has 24 heavy (non-hydrogen) atoms. The molecule has 2 aromatic rings. The van der Waals surface area contributed by atoms with Crippen molar-refractivity contribution in [1.29, 1.82) is 0 Å². The number of aryl methyl sites for hydroxylation is 1. The average Bonchev–Trinajstić information content (AvgIpc) is 2.56. The Labute approximate surface area is 143 Å². The molecule has 0 aliphatic carbocycles. The van der Waals surface area contributed by atoms with Gasteiger partial charge in [0.05, 0.1) is 14.2 Å². The van der Waals surface area contributed by atoms with Gasteiger partial charge in [0.1, 0.15) is 0 Å². The highest BCUT2D eigenvalue weighted by Gasteiger charge is 2.11. The monoisotopic (exact) mass is 328 g/mol. The molecule has 5 heteroatoms. The molecule has 0 heterocycles. The predicted octanol–water partition coefficient (Wildman–Crippen LogP) is 2.74. The van der Waals surface area contributed by atoms with Gasteiger partial charge in [0.25, 0.3) is 0 Å². The fourth-order valence-electron chi connectivity index (χ4n) is 2.63. The van der Waals surface area contributed by atoms with Gasteiger partial charge in [0, 0.05) is 18.7 Å². The van der Waals surface area contributed by atoms with Crippen LogP contribution in [-0.2, 0) is 13.1 Å². The maximum atomic E-state index is 11.1. The highest BCUT2D eigenvalue weighted by atomic mass is 16.5. The Morgan fingerprint density at radius 1 is 1.04 bits per heavy atom. The summed E-state index contributed by atoms with van der Waals surface area (Å²) < 4.78 is 10.7. The van der Waals surface area contributed by atoms with E-state index >= 15 is 0 Å². The topological polar surface area (TPSA) is 64.8 Å². The van der Waals surface area contributed by atoms with Crippen LogP contribution in [0.4, 0.5) is 0 Å². The van der Waals surface area contributed by atoms with Crippen molar-refractivity contribution in [3.63, 3.8) is 0 Å². The van der Waals surface area contributed by atoms with Gasteiger partial charge in [-0.15, -0.1) is 0 Å². The molecule has 0 saturated carbocycles. The summed E-state index contributed by atoms with van der Waals surface area (Å²) in [5.74, 6) is 1.07. The van der Waals surface area contributed by atoms with Crippen molar-refractivity contribution in [3.05, 3.63) is 58.7 Å². The number of carbonyl (C=O) groups excluding carboxylic acids is 1. The van der Waals surface area contributed by atoms with Gasteiger partial charge in [-0.25, -0.2) is 0 Å². The minimum absolute atomic E-state index is 0.407. The number of hydrogen-bond donors (Lipinski definition) is 1. The molecule has 1 amide bonds. The molecule has 128 valence electrons. The lowest BCUT2D eigenvalue weighted by atomic mass is 10.1. The van der Waals surface area contributed by atoms with Crippen molar-refractivity contribution in [1.82, 2.24) is 4.90 Å². The molecule has 0 saturated heterocycles. The van der Waals surface area contributed by atoms with E-state index in [1.54, 1.807) is 26.4 Å². The standard InChI is InChI=1S/C19H24N2O3/c1-13-9-17(23-3)18(24-4)10-16(13)12-21(2)11-14-5-7-15(8-6-14)19(20)22/h5-10H,11-12H2,1-4H3,(H2,20,22). The molecular weight excluding hydrogens is 304 g/mol. The van der Waals surface area contributed by atoms with Crippen LogP contribution in [0.2, 0.25) is 0 Å². The summed E-state index contributed by atoms with van der Waals surface area (Å²) in [4.78, 5) is 13.3. The number of methoxy groups -OCH3 is 2. The average molecular weight is 328 g/mol. The second-order valence-corrected chi connectivity index (χ2v) is 5.87. The van der Waals surface area contributed by atoms with Crippen molar-refractivity contribution in [3.8, 4) is 11.5 Å². The highest BCUT2D eigenvalue weighted by molar-refractivity contribution is 5.92. The van der Waals surface area contributed by atoms with E-state index in [0.717, 1.165) is 35.7 Å². The zero-order valence-electron chi connectivity index (χ0n) is 14.6. The van der Waals surface area contributed by atoms with Gasteiger partial charge >= 0.3 is 0 Å². The second kappa shape index (κ2) is 7.84. The molecule has 0 aromatic heterocycles. The van der Waals surface area contributed by atoms with Crippen LogP contribution in [-0.4, -0.2) is 32.1 Å².